The average molecular weight is 481 g/mol. The fraction of sp³-hybridized carbons (Fsp3) is 0.458. The van der Waals surface area contributed by atoms with Crippen LogP contribution >= 0.6 is 0 Å². The summed E-state index contributed by atoms with van der Waals surface area (Å²) in [6.45, 7) is 6.05. The van der Waals surface area contributed by atoms with E-state index in [9.17, 15) is 22.4 Å². The molecular formula is C24H27F4N3O3. The van der Waals surface area contributed by atoms with E-state index >= 15 is 0 Å². The van der Waals surface area contributed by atoms with Gasteiger partial charge in [0, 0.05) is 31.7 Å². The summed E-state index contributed by atoms with van der Waals surface area (Å²) >= 11 is 0. The van der Waals surface area contributed by atoms with Crippen molar-refractivity contribution < 1.29 is 31.8 Å². The van der Waals surface area contributed by atoms with Gasteiger partial charge in [0.2, 0.25) is 0 Å². The van der Waals surface area contributed by atoms with Gasteiger partial charge in [-0.05, 0) is 57.1 Å². The highest BCUT2D eigenvalue weighted by atomic mass is 19.4. The summed E-state index contributed by atoms with van der Waals surface area (Å²) < 4.78 is 64.2. The number of piperazine rings is 1. The predicted molar refractivity (Wildman–Crippen MR) is 120 cm³/mol. The van der Waals surface area contributed by atoms with Crippen molar-refractivity contribution in [3.05, 3.63) is 47.3 Å². The van der Waals surface area contributed by atoms with Crippen LogP contribution in [0.25, 0.3) is 0 Å². The molecule has 1 amide bonds. The Bertz CT molecular complexity index is 1080. The van der Waals surface area contributed by atoms with Gasteiger partial charge < -0.3 is 14.4 Å². The molecule has 4 rings (SSSR count). The summed E-state index contributed by atoms with van der Waals surface area (Å²) in [5, 5.41) is 0. The van der Waals surface area contributed by atoms with Gasteiger partial charge in [0.1, 0.15) is 5.75 Å². The lowest BCUT2D eigenvalue weighted by molar-refractivity contribution is -0.140. The van der Waals surface area contributed by atoms with Crippen LogP contribution in [0.2, 0.25) is 0 Å². The summed E-state index contributed by atoms with van der Waals surface area (Å²) in [6.07, 6.45) is -5.32. The lowest BCUT2D eigenvalue weighted by atomic mass is 10.1. The van der Waals surface area contributed by atoms with Crippen LogP contribution in [0.1, 0.15) is 25.0 Å². The monoisotopic (exact) mass is 481 g/mol. The zero-order valence-electron chi connectivity index (χ0n) is 19.4. The number of benzene rings is 2. The molecule has 2 aliphatic heterocycles. The Labute approximate surface area is 195 Å². The second-order valence-electron chi connectivity index (χ2n) is 8.81. The number of ether oxygens (including phenoxy) is 2. The molecule has 1 saturated heterocycles. The van der Waals surface area contributed by atoms with E-state index in [0.717, 1.165) is 36.5 Å². The number of hydrogen-bond acceptors (Lipinski definition) is 5. The van der Waals surface area contributed by atoms with E-state index in [4.69, 9.17) is 9.47 Å². The third-order valence-corrected chi connectivity index (χ3v) is 6.66. The summed E-state index contributed by atoms with van der Waals surface area (Å²) in [4.78, 5) is 18.7. The predicted octanol–water partition coefficient (Wildman–Crippen LogP) is 4.94. The fourth-order valence-corrected chi connectivity index (χ4v) is 4.56. The van der Waals surface area contributed by atoms with E-state index in [1.807, 2.05) is 12.1 Å². The number of likely N-dealkylation sites (N-methyl/N-ethyl adjacent to an activating group) is 1. The van der Waals surface area contributed by atoms with E-state index in [-0.39, 0.29) is 6.54 Å². The van der Waals surface area contributed by atoms with Crippen molar-refractivity contribution in [3.63, 3.8) is 0 Å². The van der Waals surface area contributed by atoms with Crippen LogP contribution < -0.4 is 19.3 Å². The number of hydrogen-bond donors (Lipinski definition) is 0. The largest absolute Gasteiger partial charge is 0.495 e. The molecule has 1 fully saturated rings. The summed E-state index contributed by atoms with van der Waals surface area (Å²) in [6, 6.07) is 6.93. The molecule has 2 aromatic rings. The number of amides is 1. The van der Waals surface area contributed by atoms with Gasteiger partial charge in [0.15, 0.2) is 11.6 Å². The first kappa shape index (κ1) is 24.1. The van der Waals surface area contributed by atoms with Crippen LogP contribution in [0.3, 0.4) is 0 Å². The second kappa shape index (κ2) is 8.98. The average Bonchev–Trinajstić information content (AvgIpc) is 3.19. The van der Waals surface area contributed by atoms with Crippen molar-refractivity contribution in [1.82, 2.24) is 4.90 Å². The second-order valence-corrected chi connectivity index (χ2v) is 8.81. The van der Waals surface area contributed by atoms with Gasteiger partial charge in [0.25, 0.3) is 0 Å². The van der Waals surface area contributed by atoms with Crippen molar-refractivity contribution in [3.8, 4) is 11.5 Å². The maximum absolute atomic E-state index is 14.4. The van der Waals surface area contributed by atoms with Crippen molar-refractivity contribution in [2.45, 2.75) is 38.5 Å². The minimum absolute atomic E-state index is 0.261. The summed E-state index contributed by atoms with van der Waals surface area (Å²) in [7, 11) is 3.67. The van der Waals surface area contributed by atoms with Gasteiger partial charge in [0.05, 0.1) is 24.0 Å². The molecule has 0 radical (unpaired) electrons. The Morgan fingerprint density at radius 1 is 1.06 bits per heavy atom. The Balaban J connectivity index is 1.62. The number of fused-ring (bicyclic) bond motifs is 1. The summed E-state index contributed by atoms with van der Waals surface area (Å²) in [5.74, 6) is -1.69. The van der Waals surface area contributed by atoms with Gasteiger partial charge in [-0.3, -0.25) is 9.80 Å². The number of anilines is 2. The van der Waals surface area contributed by atoms with Gasteiger partial charge >= 0.3 is 12.3 Å². The maximum atomic E-state index is 14.4. The highest BCUT2D eigenvalue weighted by Crippen LogP contribution is 2.41. The maximum Gasteiger partial charge on any atom is 0.419 e. The molecule has 2 heterocycles. The SMILES string of the molecule is COc1cc2c(cc1N1C[C@@H](C)N(C)[C@@H](C)C1)N(C(=O)Oc1cccc(C(F)(F)F)c1F)CC2. The lowest BCUT2D eigenvalue weighted by Gasteiger charge is -2.44. The Kier molecular flexibility index (Phi) is 6.37. The fourth-order valence-electron chi connectivity index (χ4n) is 4.56. The molecule has 2 atom stereocenters. The number of alkyl halides is 3. The van der Waals surface area contributed by atoms with E-state index in [2.05, 4.69) is 30.7 Å². The molecule has 0 spiro atoms. The standard InChI is InChI=1S/C24H27F4N3O3/c1-14-12-30(13-15(2)29(14)3)19-11-18-16(10-21(19)33-4)8-9-31(18)23(32)34-20-7-5-6-17(22(20)25)24(26,27)28/h5-7,10-11,14-15H,8-9,12-13H2,1-4H3/t14-,15+. The number of carbonyl (C=O) groups is 1. The molecule has 0 bridgehead atoms. The number of halogens is 4. The smallest absolute Gasteiger partial charge is 0.419 e. The van der Waals surface area contributed by atoms with Gasteiger partial charge in [-0.2, -0.15) is 13.2 Å². The molecule has 184 valence electrons. The van der Waals surface area contributed by atoms with Crippen LogP contribution in [0.15, 0.2) is 30.3 Å². The molecule has 0 N–H and O–H groups in total. The first-order valence-corrected chi connectivity index (χ1v) is 11.0. The molecule has 2 aliphatic rings. The topological polar surface area (TPSA) is 45.2 Å². The van der Waals surface area contributed by atoms with Crippen molar-refractivity contribution in [2.75, 3.05) is 43.6 Å². The zero-order valence-corrected chi connectivity index (χ0v) is 19.4. The highest BCUT2D eigenvalue weighted by molar-refractivity contribution is 5.93. The molecular weight excluding hydrogens is 454 g/mol. The van der Waals surface area contributed by atoms with Crippen molar-refractivity contribution in [1.29, 1.82) is 0 Å². The third kappa shape index (κ3) is 4.38. The molecule has 0 aromatic heterocycles. The van der Waals surface area contributed by atoms with Crippen LogP contribution in [0.4, 0.5) is 33.7 Å². The van der Waals surface area contributed by atoms with Gasteiger partial charge in [-0.15, -0.1) is 0 Å². The van der Waals surface area contributed by atoms with E-state index in [1.165, 1.54) is 4.90 Å². The first-order chi connectivity index (χ1) is 16.0. The van der Waals surface area contributed by atoms with E-state index in [0.29, 0.717) is 36.0 Å². The molecule has 0 unspecified atom stereocenters. The summed E-state index contributed by atoms with van der Waals surface area (Å²) in [5.41, 5.74) is 0.757. The molecule has 34 heavy (non-hydrogen) atoms. The van der Waals surface area contributed by atoms with Crippen LogP contribution in [-0.4, -0.2) is 56.9 Å². The third-order valence-electron chi connectivity index (χ3n) is 6.66. The molecule has 0 saturated carbocycles. The molecule has 0 aliphatic carbocycles. The van der Waals surface area contributed by atoms with Crippen LogP contribution in [0, 0.1) is 5.82 Å². The molecule has 10 heteroatoms. The Hall–Kier alpha value is -3.01. The van der Waals surface area contributed by atoms with E-state index in [1.54, 1.807) is 7.11 Å². The number of methoxy groups -OCH3 is 1. The Morgan fingerprint density at radius 3 is 2.35 bits per heavy atom. The quantitative estimate of drug-likeness (QED) is 0.581. The normalized spacial score (nSPS) is 20.9. The molecule has 2 aromatic carbocycles. The van der Waals surface area contributed by atoms with Crippen molar-refractivity contribution >= 4 is 17.5 Å². The minimum Gasteiger partial charge on any atom is -0.495 e. The number of rotatable bonds is 3. The van der Waals surface area contributed by atoms with Crippen LogP contribution in [0.5, 0.6) is 11.5 Å². The zero-order chi connectivity index (χ0) is 24.8. The lowest BCUT2D eigenvalue weighted by Crippen LogP contribution is -2.55. The van der Waals surface area contributed by atoms with E-state index < -0.39 is 29.4 Å². The number of nitrogens with zero attached hydrogens (tertiary/aromatic N) is 3. The number of carbonyl (C=O) groups excluding carboxylic acids is 1. The van der Waals surface area contributed by atoms with Gasteiger partial charge in [-0.1, -0.05) is 6.07 Å². The van der Waals surface area contributed by atoms with Crippen molar-refractivity contribution in [2.24, 2.45) is 0 Å². The highest BCUT2D eigenvalue weighted by Gasteiger charge is 2.37. The first-order valence-electron chi connectivity index (χ1n) is 11.0. The Morgan fingerprint density at radius 2 is 1.74 bits per heavy atom. The molecule has 6 nitrogen and oxygen atoms in total. The minimum atomic E-state index is -4.89. The van der Waals surface area contributed by atoms with Crippen LogP contribution in [-0.2, 0) is 12.6 Å². The van der Waals surface area contributed by atoms with Gasteiger partial charge in [-0.25, -0.2) is 9.18 Å².